The van der Waals surface area contributed by atoms with Crippen LogP contribution in [-0.2, 0) is 16.6 Å². The second kappa shape index (κ2) is 5.24. The lowest BCUT2D eigenvalue weighted by Gasteiger charge is -2.08. The van der Waals surface area contributed by atoms with Crippen LogP contribution >= 0.6 is 11.3 Å². The van der Waals surface area contributed by atoms with Gasteiger partial charge in [-0.05, 0) is 25.1 Å². The zero-order valence-electron chi connectivity index (χ0n) is 10.1. The quantitative estimate of drug-likeness (QED) is 0.902. The van der Waals surface area contributed by atoms with Gasteiger partial charge in [0.1, 0.15) is 5.82 Å². The van der Waals surface area contributed by atoms with E-state index < -0.39 is 15.8 Å². The molecule has 0 amide bonds. The van der Waals surface area contributed by atoms with E-state index in [0.717, 1.165) is 16.6 Å². The van der Waals surface area contributed by atoms with Gasteiger partial charge >= 0.3 is 0 Å². The van der Waals surface area contributed by atoms with E-state index >= 15 is 0 Å². The zero-order chi connectivity index (χ0) is 14.0. The van der Waals surface area contributed by atoms with Crippen molar-refractivity contribution in [3.63, 3.8) is 0 Å². The Kier molecular flexibility index (Phi) is 3.83. The molecule has 102 valence electrons. The summed E-state index contributed by atoms with van der Waals surface area (Å²) >= 11 is 1.47. The van der Waals surface area contributed by atoms with E-state index in [-0.39, 0.29) is 10.6 Å². The summed E-state index contributed by atoms with van der Waals surface area (Å²) in [6.07, 6.45) is 0. The highest BCUT2D eigenvalue weighted by molar-refractivity contribution is 7.89. The van der Waals surface area contributed by atoms with E-state index in [9.17, 15) is 12.8 Å². The van der Waals surface area contributed by atoms with Crippen LogP contribution in [0.3, 0.4) is 0 Å². The van der Waals surface area contributed by atoms with E-state index in [2.05, 4.69) is 10.3 Å². The lowest BCUT2D eigenvalue weighted by Crippen LogP contribution is -2.12. The number of primary sulfonamides is 1. The van der Waals surface area contributed by atoms with Gasteiger partial charge in [-0.3, -0.25) is 0 Å². The van der Waals surface area contributed by atoms with Crippen LogP contribution < -0.4 is 10.5 Å². The predicted molar refractivity (Wildman–Crippen MR) is 72.0 cm³/mol. The maximum Gasteiger partial charge on any atom is 0.238 e. The second-order valence-electron chi connectivity index (χ2n) is 3.90. The number of aromatic nitrogens is 1. The molecule has 0 saturated heterocycles. The molecule has 2 rings (SSSR count). The molecule has 0 aliphatic heterocycles. The number of nitrogens with one attached hydrogen (secondary N) is 1. The molecule has 0 saturated carbocycles. The summed E-state index contributed by atoms with van der Waals surface area (Å²) in [7, 11) is -3.88. The van der Waals surface area contributed by atoms with Crippen LogP contribution in [0.15, 0.2) is 28.6 Å². The van der Waals surface area contributed by atoms with Crippen molar-refractivity contribution in [3.05, 3.63) is 40.1 Å². The summed E-state index contributed by atoms with van der Waals surface area (Å²) in [5.74, 6) is -0.659. The summed E-state index contributed by atoms with van der Waals surface area (Å²) in [4.78, 5) is 4.84. The van der Waals surface area contributed by atoms with E-state index in [4.69, 9.17) is 5.14 Å². The molecule has 0 bridgehead atoms. The van der Waals surface area contributed by atoms with Gasteiger partial charge < -0.3 is 5.32 Å². The number of anilines is 1. The number of halogens is 1. The van der Waals surface area contributed by atoms with Crippen molar-refractivity contribution in [1.82, 2.24) is 4.98 Å². The third-order valence-corrected chi connectivity index (χ3v) is 4.40. The highest BCUT2D eigenvalue weighted by Gasteiger charge is 2.11. The van der Waals surface area contributed by atoms with Gasteiger partial charge in [-0.1, -0.05) is 0 Å². The molecule has 1 aromatic carbocycles. The van der Waals surface area contributed by atoms with E-state index in [1.54, 1.807) is 5.51 Å². The molecular formula is C11H12FN3O2S2. The first kappa shape index (κ1) is 13.9. The van der Waals surface area contributed by atoms with Crippen LogP contribution in [0.2, 0.25) is 0 Å². The van der Waals surface area contributed by atoms with Crippen molar-refractivity contribution in [1.29, 1.82) is 0 Å². The molecule has 1 heterocycles. The van der Waals surface area contributed by atoms with Crippen LogP contribution in [0.1, 0.15) is 10.6 Å². The van der Waals surface area contributed by atoms with Gasteiger partial charge in [-0.25, -0.2) is 22.9 Å². The summed E-state index contributed by atoms with van der Waals surface area (Å²) in [6.45, 7) is 2.30. The normalized spacial score (nSPS) is 11.5. The van der Waals surface area contributed by atoms with Crippen molar-refractivity contribution in [3.8, 4) is 0 Å². The van der Waals surface area contributed by atoms with Gasteiger partial charge in [0.15, 0.2) is 0 Å². The first-order chi connectivity index (χ1) is 8.88. The van der Waals surface area contributed by atoms with Crippen LogP contribution in [-0.4, -0.2) is 13.4 Å². The fraction of sp³-hybridized carbons (Fsp3) is 0.182. The Morgan fingerprint density at radius 2 is 2.21 bits per heavy atom. The fourth-order valence-corrected chi connectivity index (χ4v) is 2.73. The van der Waals surface area contributed by atoms with Gasteiger partial charge in [-0.2, -0.15) is 0 Å². The minimum absolute atomic E-state index is 0.222. The number of thiazole rings is 1. The molecule has 0 unspecified atom stereocenters. The van der Waals surface area contributed by atoms with Crippen LogP contribution in [0.5, 0.6) is 0 Å². The Morgan fingerprint density at radius 1 is 1.47 bits per heavy atom. The number of nitrogens with zero attached hydrogens (tertiary/aromatic N) is 1. The van der Waals surface area contributed by atoms with Crippen molar-refractivity contribution in [2.45, 2.75) is 18.4 Å². The fourth-order valence-electron chi connectivity index (χ4n) is 1.49. The monoisotopic (exact) mass is 301 g/mol. The van der Waals surface area contributed by atoms with Crippen LogP contribution in [0.4, 0.5) is 10.1 Å². The predicted octanol–water partition coefficient (Wildman–Crippen LogP) is 1.85. The first-order valence-corrected chi connectivity index (χ1v) is 7.75. The molecule has 1 aromatic heterocycles. The lowest BCUT2D eigenvalue weighted by atomic mass is 10.3. The Morgan fingerprint density at radius 3 is 2.74 bits per heavy atom. The number of rotatable bonds is 4. The molecule has 0 spiro atoms. The number of aryl methyl sites for hydroxylation is 1. The molecule has 3 N–H and O–H groups in total. The molecular weight excluding hydrogens is 289 g/mol. The Hall–Kier alpha value is -1.51. The number of benzene rings is 1. The summed E-state index contributed by atoms with van der Waals surface area (Å²) in [6, 6.07) is 3.52. The zero-order valence-corrected chi connectivity index (χ0v) is 11.7. The molecule has 0 radical (unpaired) electrons. The minimum Gasteiger partial charge on any atom is -0.378 e. The van der Waals surface area contributed by atoms with E-state index in [1.807, 2.05) is 6.92 Å². The Labute approximate surface area is 114 Å². The standard InChI is InChI=1S/C11H12FN3O2S2/c1-7-11(18-6-15-7)5-14-10-3-2-8(4-9(10)12)19(13,16)17/h2-4,6,14H,5H2,1H3,(H2,13,16,17). The first-order valence-electron chi connectivity index (χ1n) is 5.33. The van der Waals surface area contributed by atoms with Crippen molar-refractivity contribution < 1.29 is 12.8 Å². The lowest BCUT2D eigenvalue weighted by molar-refractivity contribution is 0.593. The Bertz CT molecular complexity index is 698. The molecule has 0 aliphatic carbocycles. The SMILES string of the molecule is Cc1ncsc1CNc1ccc(S(N)(=O)=O)cc1F. The van der Waals surface area contributed by atoms with Crippen molar-refractivity contribution >= 4 is 27.0 Å². The highest BCUT2D eigenvalue weighted by atomic mass is 32.2. The maximum absolute atomic E-state index is 13.7. The molecule has 19 heavy (non-hydrogen) atoms. The average Bonchev–Trinajstić information content (AvgIpc) is 2.72. The molecule has 0 atom stereocenters. The topological polar surface area (TPSA) is 85.1 Å². The molecule has 2 aromatic rings. The summed E-state index contributed by atoms with van der Waals surface area (Å²) in [5.41, 5.74) is 2.83. The van der Waals surface area contributed by atoms with Crippen molar-refractivity contribution in [2.24, 2.45) is 5.14 Å². The minimum atomic E-state index is -3.88. The van der Waals surface area contributed by atoms with Crippen LogP contribution in [0, 0.1) is 12.7 Å². The van der Waals surface area contributed by atoms with Gasteiger partial charge in [-0.15, -0.1) is 11.3 Å². The van der Waals surface area contributed by atoms with Crippen molar-refractivity contribution in [2.75, 3.05) is 5.32 Å². The van der Waals surface area contributed by atoms with E-state index in [1.165, 1.54) is 23.5 Å². The number of sulfonamides is 1. The van der Waals surface area contributed by atoms with Gasteiger partial charge in [0.05, 0.1) is 28.3 Å². The van der Waals surface area contributed by atoms with Gasteiger partial charge in [0.2, 0.25) is 10.0 Å². The molecule has 8 heteroatoms. The van der Waals surface area contributed by atoms with Crippen LogP contribution in [0.25, 0.3) is 0 Å². The van der Waals surface area contributed by atoms with Gasteiger partial charge in [0.25, 0.3) is 0 Å². The average molecular weight is 301 g/mol. The Balaban J connectivity index is 2.16. The highest BCUT2D eigenvalue weighted by Crippen LogP contribution is 2.20. The third kappa shape index (κ3) is 3.28. The molecule has 0 aliphatic rings. The molecule has 0 fully saturated rings. The largest absolute Gasteiger partial charge is 0.378 e. The van der Waals surface area contributed by atoms with E-state index in [0.29, 0.717) is 6.54 Å². The second-order valence-corrected chi connectivity index (χ2v) is 6.40. The summed E-state index contributed by atoms with van der Waals surface area (Å²) < 4.78 is 35.9. The van der Waals surface area contributed by atoms with Gasteiger partial charge in [0, 0.05) is 4.88 Å². The third-order valence-electron chi connectivity index (χ3n) is 2.55. The summed E-state index contributed by atoms with van der Waals surface area (Å²) in [5, 5.41) is 7.82. The number of hydrogen-bond donors (Lipinski definition) is 2. The number of nitrogens with two attached hydrogens (primary N) is 1. The maximum atomic E-state index is 13.7. The molecule has 5 nitrogen and oxygen atoms in total. The number of hydrogen-bond acceptors (Lipinski definition) is 5. The smallest absolute Gasteiger partial charge is 0.238 e.